The molecule has 1 amide bonds. The maximum absolute atomic E-state index is 12.9. The SMILES string of the molecule is COc1ccc(-n2cnnc2SCC(=O)Nc2cccc(S(=O)(=O)N3CCCCC3)c2)cc1. The third kappa shape index (κ3) is 5.55. The number of methoxy groups -OCH3 is 1. The maximum atomic E-state index is 12.9. The summed E-state index contributed by atoms with van der Waals surface area (Å²) in [6.45, 7) is 1.06. The fourth-order valence-electron chi connectivity index (χ4n) is 3.56. The first-order valence-corrected chi connectivity index (χ1v) is 13.0. The molecular weight excluding hydrogens is 462 g/mol. The number of hydrogen-bond donors (Lipinski definition) is 1. The molecule has 0 bridgehead atoms. The van der Waals surface area contributed by atoms with Gasteiger partial charge in [0.15, 0.2) is 5.16 Å². The molecule has 4 rings (SSSR count). The van der Waals surface area contributed by atoms with Crippen molar-refractivity contribution in [2.45, 2.75) is 29.3 Å². The van der Waals surface area contributed by atoms with Crippen molar-refractivity contribution in [1.29, 1.82) is 0 Å². The molecule has 174 valence electrons. The van der Waals surface area contributed by atoms with Crippen molar-refractivity contribution in [2.75, 3.05) is 31.3 Å². The van der Waals surface area contributed by atoms with Crippen LogP contribution in [0.2, 0.25) is 0 Å². The van der Waals surface area contributed by atoms with Crippen molar-refractivity contribution in [3.8, 4) is 11.4 Å². The minimum atomic E-state index is -3.56. The summed E-state index contributed by atoms with van der Waals surface area (Å²) < 4.78 is 34.3. The van der Waals surface area contributed by atoms with Crippen LogP contribution in [0.1, 0.15) is 19.3 Å². The van der Waals surface area contributed by atoms with Crippen LogP contribution < -0.4 is 10.1 Å². The second kappa shape index (κ2) is 10.4. The molecule has 33 heavy (non-hydrogen) atoms. The van der Waals surface area contributed by atoms with E-state index in [1.54, 1.807) is 36.2 Å². The van der Waals surface area contributed by atoms with E-state index in [0.29, 0.717) is 23.9 Å². The van der Waals surface area contributed by atoms with Gasteiger partial charge in [-0.05, 0) is 55.3 Å². The number of sulfonamides is 1. The summed E-state index contributed by atoms with van der Waals surface area (Å²) in [7, 11) is -1.96. The number of piperidine rings is 1. The number of thioether (sulfide) groups is 1. The van der Waals surface area contributed by atoms with E-state index >= 15 is 0 Å². The van der Waals surface area contributed by atoms with E-state index in [9.17, 15) is 13.2 Å². The number of nitrogens with zero attached hydrogens (tertiary/aromatic N) is 4. The number of nitrogens with one attached hydrogen (secondary N) is 1. The summed E-state index contributed by atoms with van der Waals surface area (Å²) in [5.74, 6) is 0.569. The van der Waals surface area contributed by atoms with Crippen LogP contribution in [0.15, 0.2) is 64.9 Å². The van der Waals surface area contributed by atoms with Gasteiger partial charge in [0, 0.05) is 24.5 Å². The highest BCUT2D eigenvalue weighted by molar-refractivity contribution is 7.99. The fourth-order valence-corrected chi connectivity index (χ4v) is 5.85. The van der Waals surface area contributed by atoms with Crippen molar-refractivity contribution in [2.24, 2.45) is 0 Å². The Kier molecular flexibility index (Phi) is 7.31. The molecule has 0 saturated carbocycles. The van der Waals surface area contributed by atoms with Crippen molar-refractivity contribution >= 4 is 33.4 Å². The lowest BCUT2D eigenvalue weighted by atomic mass is 10.2. The summed E-state index contributed by atoms with van der Waals surface area (Å²) >= 11 is 1.24. The molecule has 0 unspecified atom stereocenters. The second-order valence-corrected chi connectivity index (χ2v) is 10.4. The van der Waals surface area contributed by atoms with E-state index < -0.39 is 10.0 Å². The number of hydrogen-bond acceptors (Lipinski definition) is 7. The molecule has 2 heterocycles. The number of anilines is 1. The van der Waals surface area contributed by atoms with E-state index in [4.69, 9.17) is 4.74 Å². The second-order valence-electron chi connectivity index (χ2n) is 7.51. The third-order valence-electron chi connectivity index (χ3n) is 5.27. The molecule has 1 aromatic heterocycles. The van der Waals surface area contributed by atoms with E-state index in [1.807, 2.05) is 24.3 Å². The first-order chi connectivity index (χ1) is 16.0. The molecule has 1 aliphatic heterocycles. The minimum absolute atomic E-state index is 0.0952. The van der Waals surface area contributed by atoms with Crippen molar-refractivity contribution in [3.63, 3.8) is 0 Å². The van der Waals surface area contributed by atoms with Gasteiger partial charge in [-0.15, -0.1) is 10.2 Å². The number of aromatic nitrogens is 3. The predicted molar refractivity (Wildman–Crippen MR) is 126 cm³/mol. The van der Waals surface area contributed by atoms with Gasteiger partial charge in [0.05, 0.1) is 17.8 Å². The topological polar surface area (TPSA) is 106 Å². The number of benzene rings is 2. The first kappa shape index (κ1) is 23.3. The first-order valence-electron chi connectivity index (χ1n) is 10.5. The summed E-state index contributed by atoms with van der Waals surface area (Å²) in [6, 6.07) is 13.8. The average Bonchev–Trinajstić information content (AvgIpc) is 3.32. The molecule has 0 radical (unpaired) electrons. The highest BCUT2D eigenvalue weighted by atomic mass is 32.2. The van der Waals surface area contributed by atoms with Crippen molar-refractivity contribution in [1.82, 2.24) is 19.1 Å². The Labute approximate surface area is 197 Å². The molecule has 0 aliphatic carbocycles. The zero-order valence-electron chi connectivity index (χ0n) is 18.2. The number of carbonyl (C=O) groups excluding carboxylic acids is 1. The molecule has 1 saturated heterocycles. The predicted octanol–water partition coefficient (Wildman–Crippen LogP) is 3.18. The molecule has 9 nitrogen and oxygen atoms in total. The van der Waals surface area contributed by atoms with E-state index in [2.05, 4.69) is 15.5 Å². The number of rotatable bonds is 8. The molecule has 1 N–H and O–H groups in total. The van der Waals surface area contributed by atoms with Gasteiger partial charge < -0.3 is 10.1 Å². The minimum Gasteiger partial charge on any atom is -0.497 e. The standard InChI is InChI=1S/C22H25N5O4S2/c1-31-19-10-8-18(9-11-19)27-16-23-25-22(27)32-15-21(28)24-17-6-5-7-20(14-17)33(29,30)26-12-3-2-4-13-26/h5-11,14,16H,2-4,12-13,15H2,1H3,(H,24,28). The quantitative estimate of drug-likeness (QED) is 0.486. The van der Waals surface area contributed by atoms with Gasteiger partial charge in [-0.3, -0.25) is 9.36 Å². The Hall–Kier alpha value is -2.89. The lowest BCUT2D eigenvalue weighted by Crippen LogP contribution is -2.35. The molecule has 0 atom stereocenters. The van der Waals surface area contributed by atoms with Crippen LogP contribution in [0.5, 0.6) is 5.75 Å². The van der Waals surface area contributed by atoms with Gasteiger partial charge in [-0.1, -0.05) is 24.2 Å². The zero-order chi connectivity index (χ0) is 23.3. The Balaban J connectivity index is 1.39. The van der Waals surface area contributed by atoms with Crippen LogP contribution in [-0.4, -0.2) is 59.3 Å². The molecule has 1 fully saturated rings. The summed E-state index contributed by atoms with van der Waals surface area (Å²) in [5.41, 5.74) is 1.29. The highest BCUT2D eigenvalue weighted by Gasteiger charge is 2.26. The van der Waals surface area contributed by atoms with Gasteiger partial charge in [-0.2, -0.15) is 4.31 Å². The third-order valence-corrected chi connectivity index (χ3v) is 8.11. The normalized spacial score (nSPS) is 14.7. The van der Waals surface area contributed by atoms with Gasteiger partial charge in [0.1, 0.15) is 12.1 Å². The Morgan fingerprint density at radius 3 is 2.61 bits per heavy atom. The molecular formula is C22H25N5O4S2. The Bertz CT molecular complexity index is 1210. The van der Waals surface area contributed by atoms with E-state index in [-0.39, 0.29) is 16.6 Å². The van der Waals surface area contributed by atoms with Crippen molar-refractivity contribution < 1.29 is 17.9 Å². The lowest BCUT2D eigenvalue weighted by Gasteiger charge is -2.26. The maximum Gasteiger partial charge on any atom is 0.243 e. The summed E-state index contributed by atoms with van der Waals surface area (Å²) in [5, 5.41) is 11.4. The van der Waals surface area contributed by atoms with Gasteiger partial charge in [-0.25, -0.2) is 8.42 Å². The smallest absolute Gasteiger partial charge is 0.243 e. The van der Waals surface area contributed by atoms with Gasteiger partial charge in [0.25, 0.3) is 0 Å². The molecule has 2 aromatic carbocycles. The van der Waals surface area contributed by atoms with Crippen LogP contribution in [0.3, 0.4) is 0 Å². The fraction of sp³-hybridized carbons (Fsp3) is 0.318. The molecule has 0 spiro atoms. The molecule has 11 heteroatoms. The average molecular weight is 488 g/mol. The van der Waals surface area contributed by atoms with Crippen LogP contribution in [0.25, 0.3) is 5.69 Å². The zero-order valence-corrected chi connectivity index (χ0v) is 19.8. The number of amides is 1. The highest BCUT2D eigenvalue weighted by Crippen LogP contribution is 2.24. The summed E-state index contributed by atoms with van der Waals surface area (Å²) in [6.07, 6.45) is 4.37. The van der Waals surface area contributed by atoms with Gasteiger partial charge in [0.2, 0.25) is 15.9 Å². The van der Waals surface area contributed by atoms with Gasteiger partial charge >= 0.3 is 0 Å². The largest absolute Gasteiger partial charge is 0.497 e. The monoisotopic (exact) mass is 487 g/mol. The Morgan fingerprint density at radius 1 is 1.12 bits per heavy atom. The van der Waals surface area contributed by atoms with E-state index in [0.717, 1.165) is 30.7 Å². The lowest BCUT2D eigenvalue weighted by molar-refractivity contribution is -0.113. The Morgan fingerprint density at radius 2 is 1.88 bits per heavy atom. The van der Waals surface area contributed by atoms with Crippen LogP contribution in [0.4, 0.5) is 5.69 Å². The molecule has 1 aliphatic rings. The number of ether oxygens (including phenoxy) is 1. The summed E-state index contributed by atoms with van der Waals surface area (Å²) in [4.78, 5) is 12.7. The van der Waals surface area contributed by atoms with E-state index in [1.165, 1.54) is 22.1 Å². The van der Waals surface area contributed by atoms with Crippen LogP contribution in [0, 0.1) is 0 Å². The number of carbonyl (C=O) groups is 1. The van der Waals surface area contributed by atoms with Crippen LogP contribution >= 0.6 is 11.8 Å². The van der Waals surface area contributed by atoms with Crippen molar-refractivity contribution in [3.05, 3.63) is 54.9 Å². The molecule has 3 aromatic rings. The van der Waals surface area contributed by atoms with Crippen LogP contribution in [-0.2, 0) is 14.8 Å².